The van der Waals surface area contributed by atoms with Crippen LogP contribution in [0, 0.1) is 0 Å². The zero-order chi connectivity index (χ0) is 22.0. The van der Waals surface area contributed by atoms with Crippen LogP contribution in [0.4, 0.5) is 14.5 Å². The second-order valence-electron chi connectivity index (χ2n) is 7.36. The number of nitrogens with one attached hydrogen (secondary N) is 1. The number of hydrogen-bond donors (Lipinski definition) is 1. The van der Waals surface area contributed by atoms with Gasteiger partial charge in [-0.25, -0.2) is 4.98 Å². The van der Waals surface area contributed by atoms with Crippen molar-refractivity contribution in [2.24, 2.45) is 0 Å². The van der Waals surface area contributed by atoms with Crippen LogP contribution in [0.5, 0.6) is 5.75 Å². The number of aromatic nitrogens is 2. The van der Waals surface area contributed by atoms with E-state index in [-0.39, 0.29) is 16.3 Å². The molecule has 1 aliphatic rings. The summed E-state index contributed by atoms with van der Waals surface area (Å²) in [4.78, 5) is 30.2. The van der Waals surface area contributed by atoms with Gasteiger partial charge in [0.2, 0.25) is 0 Å². The highest BCUT2D eigenvalue weighted by molar-refractivity contribution is 6.32. The number of ether oxygens (including phenoxy) is 1. The van der Waals surface area contributed by atoms with Crippen molar-refractivity contribution in [2.45, 2.75) is 45.3 Å². The van der Waals surface area contributed by atoms with E-state index in [1.807, 2.05) is 0 Å². The quantitative estimate of drug-likeness (QED) is 0.609. The van der Waals surface area contributed by atoms with Gasteiger partial charge in [0.05, 0.1) is 15.9 Å². The van der Waals surface area contributed by atoms with Gasteiger partial charge in [0.15, 0.2) is 0 Å². The van der Waals surface area contributed by atoms with E-state index in [0.29, 0.717) is 28.7 Å². The van der Waals surface area contributed by atoms with Gasteiger partial charge in [-0.1, -0.05) is 24.4 Å². The average molecular weight is 448 g/mol. The van der Waals surface area contributed by atoms with Gasteiger partial charge in [-0.05, 0) is 49.2 Å². The van der Waals surface area contributed by atoms with Crippen LogP contribution in [0.2, 0.25) is 5.02 Å². The summed E-state index contributed by atoms with van der Waals surface area (Å²) in [6.07, 6.45) is 4.86. The molecule has 0 bridgehead atoms. The fourth-order valence-electron chi connectivity index (χ4n) is 3.71. The van der Waals surface area contributed by atoms with E-state index < -0.39 is 12.5 Å². The van der Waals surface area contributed by atoms with Crippen molar-refractivity contribution in [3.8, 4) is 5.75 Å². The highest BCUT2D eigenvalue weighted by Crippen LogP contribution is 2.29. The molecule has 31 heavy (non-hydrogen) atoms. The fraction of sp³-hybridized carbons (Fsp3) is 0.318. The average Bonchev–Trinajstić information content (AvgIpc) is 2.71. The summed E-state index contributed by atoms with van der Waals surface area (Å²) in [5, 5.41) is 3.08. The van der Waals surface area contributed by atoms with Crippen molar-refractivity contribution in [3.63, 3.8) is 0 Å². The van der Waals surface area contributed by atoms with E-state index in [4.69, 9.17) is 11.6 Å². The van der Waals surface area contributed by atoms with Crippen molar-refractivity contribution in [2.75, 3.05) is 5.32 Å². The molecule has 1 N–H and O–H groups in total. The second kappa shape index (κ2) is 9.01. The lowest BCUT2D eigenvalue weighted by Gasteiger charge is -2.16. The largest absolute Gasteiger partial charge is 0.433 e. The Morgan fingerprint density at radius 1 is 1.13 bits per heavy atom. The molecular weight excluding hydrogens is 428 g/mol. The van der Waals surface area contributed by atoms with Crippen molar-refractivity contribution < 1.29 is 18.3 Å². The van der Waals surface area contributed by atoms with E-state index in [2.05, 4.69) is 15.0 Å². The number of hydrogen-bond acceptors (Lipinski definition) is 4. The monoisotopic (exact) mass is 447 g/mol. The maximum absolute atomic E-state index is 12.9. The molecule has 0 radical (unpaired) electrons. The fourth-order valence-corrected chi connectivity index (χ4v) is 3.93. The lowest BCUT2D eigenvalue weighted by molar-refractivity contribution is -0.0497. The normalized spacial score (nSPS) is 14.1. The molecular formula is C22H20ClF2N3O3. The molecule has 0 saturated heterocycles. The Bertz CT molecular complexity index is 1200. The molecule has 0 saturated carbocycles. The number of carbonyl (C=O) groups is 1. The summed E-state index contributed by atoms with van der Waals surface area (Å²) in [6.45, 7) is -2.34. The van der Waals surface area contributed by atoms with E-state index >= 15 is 0 Å². The van der Waals surface area contributed by atoms with Gasteiger partial charge >= 0.3 is 6.61 Å². The first kappa shape index (κ1) is 21.2. The number of alkyl halides is 2. The Hall–Kier alpha value is -3.00. The summed E-state index contributed by atoms with van der Waals surface area (Å²) in [7, 11) is 0. The Kier molecular flexibility index (Phi) is 6.18. The number of halogens is 3. The molecule has 0 fully saturated rings. The molecule has 3 aromatic rings. The van der Waals surface area contributed by atoms with Gasteiger partial charge < -0.3 is 10.1 Å². The van der Waals surface area contributed by atoms with Crippen LogP contribution in [0.1, 0.15) is 41.9 Å². The zero-order valence-corrected chi connectivity index (χ0v) is 17.3. The van der Waals surface area contributed by atoms with Crippen molar-refractivity contribution in [3.05, 3.63) is 63.2 Å². The molecule has 1 amide bonds. The number of aryl methyl sites for hydroxylation is 1. The second-order valence-corrected chi connectivity index (χ2v) is 7.77. The molecule has 162 valence electrons. The van der Waals surface area contributed by atoms with Crippen molar-refractivity contribution >= 4 is 34.1 Å². The Labute approximate surface area is 181 Å². The number of fused-ring (bicyclic) bond motifs is 2. The van der Waals surface area contributed by atoms with Crippen LogP contribution in [0.3, 0.4) is 0 Å². The van der Waals surface area contributed by atoms with Gasteiger partial charge in [-0.15, -0.1) is 0 Å². The summed E-state index contributed by atoms with van der Waals surface area (Å²) in [6, 6.07) is 8.75. The van der Waals surface area contributed by atoms with Crippen LogP contribution in [-0.4, -0.2) is 22.1 Å². The van der Waals surface area contributed by atoms with Gasteiger partial charge in [0.1, 0.15) is 11.6 Å². The third-order valence-corrected chi connectivity index (χ3v) is 5.53. The van der Waals surface area contributed by atoms with E-state index in [0.717, 1.165) is 37.9 Å². The van der Waals surface area contributed by atoms with Gasteiger partial charge in [0.25, 0.3) is 11.5 Å². The van der Waals surface area contributed by atoms with Crippen molar-refractivity contribution in [1.82, 2.24) is 9.55 Å². The highest BCUT2D eigenvalue weighted by atomic mass is 35.5. The summed E-state index contributed by atoms with van der Waals surface area (Å²) in [5.41, 5.74) is 1.03. The molecule has 0 aliphatic carbocycles. The predicted octanol–water partition coefficient (Wildman–Crippen LogP) is 5.02. The van der Waals surface area contributed by atoms with Crippen LogP contribution in [0.25, 0.3) is 10.9 Å². The molecule has 9 heteroatoms. The van der Waals surface area contributed by atoms with Crippen LogP contribution in [0.15, 0.2) is 41.2 Å². The van der Waals surface area contributed by atoms with E-state index in [1.54, 1.807) is 22.8 Å². The van der Waals surface area contributed by atoms with E-state index in [9.17, 15) is 18.4 Å². The predicted molar refractivity (Wildman–Crippen MR) is 114 cm³/mol. The number of amides is 1. The SMILES string of the molecule is O=C(Nc1ccc(OC(F)F)c(Cl)c1)c1ccc2c(=O)n3c(nc2c1)CCCCCC3. The first-order valence-corrected chi connectivity index (χ1v) is 10.4. The minimum Gasteiger partial charge on any atom is -0.433 e. The lowest BCUT2D eigenvalue weighted by Crippen LogP contribution is -2.26. The number of carbonyl (C=O) groups excluding carboxylic acids is 1. The van der Waals surface area contributed by atoms with E-state index in [1.165, 1.54) is 18.2 Å². The summed E-state index contributed by atoms with van der Waals surface area (Å²) in [5.74, 6) is 0.131. The maximum Gasteiger partial charge on any atom is 0.387 e. The van der Waals surface area contributed by atoms with Gasteiger partial charge in [-0.2, -0.15) is 8.78 Å². The molecule has 2 aromatic carbocycles. The third-order valence-electron chi connectivity index (χ3n) is 5.23. The zero-order valence-electron chi connectivity index (χ0n) is 16.5. The van der Waals surface area contributed by atoms with Crippen LogP contribution in [-0.2, 0) is 13.0 Å². The Balaban J connectivity index is 1.61. The molecule has 0 spiro atoms. The minimum atomic E-state index is -2.99. The highest BCUT2D eigenvalue weighted by Gasteiger charge is 2.16. The standard InChI is InChI=1S/C22H20ClF2N3O3/c23-16-12-14(7-9-18(16)31-22(24)25)26-20(29)13-6-8-15-17(11-13)27-19-5-3-1-2-4-10-28(19)21(15)30/h6-9,11-12,22H,1-5,10H2,(H,26,29). The molecule has 6 nitrogen and oxygen atoms in total. The minimum absolute atomic E-state index is 0.0510. The van der Waals surface area contributed by atoms with Gasteiger partial charge in [0, 0.05) is 24.2 Å². The van der Waals surface area contributed by atoms with Crippen molar-refractivity contribution in [1.29, 1.82) is 0 Å². The summed E-state index contributed by atoms with van der Waals surface area (Å²) >= 11 is 5.93. The summed E-state index contributed by atoms with van der Waals surface area (Å²) < 4.78 is 30.7. The number of nitrogens with zero attached hydrogens (tertiary/aromatic N) is 2. The number of anilines is 1. The van der Waals surface area contributed by atoms with Gasteiger partial charge in [-0.3, -0.25) is 14.2 Å². The Morgan fingerprint density at radius 3 is 2.71 bits per heavy atom. The molecule has 1 aromatic heterocycles. The topological polar surface area (TPSA) is 73.2 Å². The number of benzene rings is 2. The first-order chi connectivity index (χ1) is 14.9. The lowest BCUT2D eigenvalue weighted by atomic mass is 10.1. The van der Waals surface area contributed by atoms with Crippen LogP contribution >= 0.6 is 11.6 Å². The molecule has 0 atom stereocenters. The maximum atomic E-state index is 12.9. The molecule has 0 unspecified atom stereocenters. The molecule has 4 rings (SSSR count). The molecule has 2 heterocycles. The smallest absolute Gasteiger partial charge is 0.387 e. The molecule has 1 aliphatic heterocycles. The Morgan fingerprint density at radius 2 is 1.94 bits per heavy atom. The van der Waals surface area contributed by atoms with Crippen LogP contribution < -0.4 is 15.6 Å². The third kappa shape index (κ3) is 4.69. The number of rotatable bonds is 4. The first-order valence-electron chi connectivity index (χ1n) is 10.0.